The number of aliphatic hydroxyl groups is 1. The molecule has 4 aromatic rings. The molecule has 0 saturated heterocycles. The van der Waals surface area contributed by atoms with E-state index in [2.05, 4.69) is 10.6 Å². The Morgan fingerprint density at radius 1 is 0.780 bits per heavy atom. The van der Waals surface area contributed by atoms with Crippen molar-refractivity contribution in [1.82, 2.24) is 19.8 Å². The highest BCUT2D eigenvalue weighted by Gasteiger charge is 2.28. The van der Waals surface area contributed by atoms with Gasteiger partial charge in [-0.05, 0) is 53.9 Å². The van der Waals surface area contributed by atoms with Crippen molar-refractivity contribution in [3.05, 3.63) is 94.5 Å². The number of aliphatic carboxylic acids is 1. The monoisotopic (exact) mass is 594 g/mol. The van der Waals surface area contributed by atoms with E-state index < -0.39 is 5.97 Å². The van der Waals surface area contributed by atoms with Crippen molar-refractivity contribution in [3.63, 3.8) is 0 Å². The van der Waals surface area contributed by atoms with E-state index in [1.165, 1.54) is 0 Å². The molecule has 0 radical (unpaired) electrons. The second-order valence-electron chi connectivity index (χ2n) is 9.90. The number of hydrogen-bond acceptors (Lipinski definition) is 4. The van der Waals surface area contributed by atoms with Crippen LogP contribution in [0.15, 0.2) is 73.1 Å². The molecule has 6 rings (SSSR count). The van der Waals surface area contributed by atoms with Crippen LogP contribution in [0.1, 0.15) is 45.9 Å². The molecule has 9 nitrogen and oxygen atoms in total. The predicted molar refractivity (Wildman–Crippen MR) is 156 cm³/mol. The van der Waals surface area contributed by atoms with Crippen LogP contribution in [-0.2, 0) is 4.79 Å². The lowest BCUT2D eigenvalue weighted by Crippen LogP contribution is -2.39. The fraction of sp³-hybridized carbons (Fsp3) is 0.233. The number of carbonyl (C=O) groups is 3. The molecule has 2 aromatic heterocycles. The molecule has 2 aliphatic heterocycles. The van der Waals surface area contributed by atoms with E-state index in [1.807, 2.05) is 65.5 Å². The molecule has 2 atom stereocenters. The molecular weight excluding hydrogens is 567 g/mol. The fourth-order valence-electron chi connectivity index (χ4n) is 5.14. The zero-order chi connectivity index (χ0) is 29.1. The number of carbonyl (C=O) groups excluding carboxylic acids is 2. The molecule has 2 aliphatic rings. The number of carboxylic acids is 1. The smallest absolute Gasteiger partial charge is 0.305 e. The Morgan fingerprint density at radius 2 is 1.27 bits per heavy atom. The summed E-state index contributed by atoms with van der Waals surface area (Å²) in [4.78, 5) is 34.8. The van der Waals surface area contributed by atoms with Crippen LogP contribution in [0.25, 0.3) is 22.3 Å². The van der Waals surface area contributed by atoms with Crippen molar-refractivity contribution in [3.8, 4) is 22.3 Å². The molecule has 2 aromatic carbocycles. The summed E-state index contributed by atoms with van der Waals surface area (Å²) in [6.07, 6.45) is 4.36. The first-order valence-corrected chi connectivity index (χ1v) is 13.8. The standard InChI is InChI=1S/C15H13ClN2O3.C15H15ClN2O2/c16-11-3-1-2-9(4-11)10-5-13-15(21)17-7-12(6-14(19)20)18(13)8-10;16-12-3-1-2-10(6-12)11-7-14-15(20)17-8-13(4-5-19)18(14)9-11/h1-5,8,12H,6-7H2,(H,17,21)(H,19,20);1-3,6-7,9,13,19H,4-5,8H2,(H,17,20). The van der Waals surface area contributed by atoms with Crippen LogP contribution in [0.3, 0.4) is 0 Å². The summed E-state index contributed by atoms with van der Waals surface area (Å²) in [5, 5.41) is 25.0. The van der Waals surface area contributed by atoms with Crippen molar-refractivity contribution in [2.45, 2.75) is 24.9 Å². The minimum Gasteiger partial charge on any atom is -0.481 e. The van der Waals surface area contributed by atoms with Crippen LogP contribution in [0.4, 0.5) is 0 Å². The van der Waals surface area contributed by atoms with Gasteiger partial charge in [0, 0.05) is 53.3 Å². The van der Waals surface area contributed by atoms with Gasteiger partial charge in [-0.2, -0.15) is 0 Å². The first kappa shape index (κ1) is 28.5. The average Bonchev–Trinajstić information content (AvgIpc) is 3.60. The maximum atomic E-state index is 11.9. The number of fused-ring (bicyclic) bond motifs is 2. The molecule has 0 fully saturated rings. The molecular formula is C30H28Cl2N4O5. The fourth-order valence-corrected chi connectivity index (χ4v) is 5.52. The number of hydrogen-bond donors (Lipinski definition) is 4. The van der Waals surface area contributed by atoms with Gasteiger partial charge in [0.2, 0.25) is 0 Å². The Hall–Kier alpha value is -4.05. The van der Waals surface area contributed by atoms with Gasteiger partial charge in [-0.1, -0.05) is 47.5 Å². The van der Waals surface area contributed by atoms with Crippen LogP contribution in [0.5, 0.6) is 0 Å². The number of rotatable bonds is 6. The predicted octanol–water partition coefficient (Wildman–Crippen LogP) is 5.04. The number of benzene rings is 2. The van der Waals surface area contributed by atoms with Gasteiger partial charge >= 0.3 is 5.97 Å². The molecule has 2 unspecified atom stereocenters. The number of nitrogens with zero attached hydrogens (tertiary/aromatic N) is 2. The van der Waals surface area contributed by atoms with E-state index in [0.717, 1.165) is 22.3 Å². The van der Waals surface area contributed by atoms with E-state index >= 15 is 0 Å². The Balaban J connectivity index is 0.000000165. The Morgan fingerprint density at radius 3 is 1.73 bits per heavy atom. The average molecular weight is 595 g/mol. The zero-order valence-electron chi connectivity index (χ0n) is 21.9. The highest BCUT2D eigenvalue weighted by atomic mass is 35.5. The Labute approximate surface area is 246 Å². The minimum absolute atomic E-state index is 0.0308. The van der Waals surface area contributed by atoms with Gasteiger partial charge in [-0.3, -0.25) is 14.4 Å². The number of aliphatic hydroxyl groups excluding tert-OH is 1. The number of amides is 2. The third-order valence-corrected chi connectivity index (χ3v) is 7.60. The summed E-state index contributed by atoms with van der Waals surface area (Å²) in [6.45, 7) is 0.975. The Bertz CT molecular complexity index is 1610. The molecule has 0 bridgehead atoms. The molecule has 4 heterocycles. The normalized spacial score (nSPS) is 17.4. The third-order valence-electron chi connectivity index (χ3n) is 7.13. The van der Waals surface area contributed by atoms with Crippen LogP contribution in [0, 0.1) is 0 Å². The van der Waals surface area contributed by atoms with Crippen molar-refractivity contribution in [2.24, 2.45) is 0 Å². The van der Waals surface area contributed by atoms with Gasteiger partial charge in [-0.25, -0.2) is 0 Å². The van der Waals surface area contributed by atoms with Gasteiger partial charge in [-0.15, -0.1) is 0 Å². The number of halogens is 2. The number of aromatic nitrogens is 2. The number of nitrogens with one attached hydrogen (secondary N) is 2. The van der Waals surface area contributed by atoms with E-state index in [4.69, 9.17) is 33.4 Å². The maximum Gasteiger partial charge on any atom is 0.305 e. The summed E-state index contributed by atoms with van der Waals surface area (Å²) < 4.78 is 3.69. The lowest BCUT2D eigenvalue weighted by atomic mass is 10.1. The lowest BCUT2D eigenvalue weighted by Gasteiger charge is -2.25. The van der Waals surface area contributed by atoms with Crippen LogP contribution in [-0.4, -0.2) is 56.8 Å². The molecule has 0 aliphatic carbocycles. The van der Waals surface area contributed by atoms with Crippen molar-refractivity contribution >= 4 is 41.0 Å². The third kappa shape index (κ3) is 6.32. The molecule has 0 saturated carbocycles. The molecule has 11 heteroatoms. The van der Waals surface area contributed by atoms with Gasteiger partial charge < -0.3 is 30.0 Å². The number of carboxylic acid groups (broad SMARTS) is 1. The van der Waals surface area contributed by atoms with Gasteiger partial charge in [0.1, 0.15) is 11.4 Å². The second-order valence-corrected chi connectivity index (χ2v) is 10.8. The summed E-state index contributed by atoms with van der Waals surface area (Å²) >= 11 is 12.0. The summed E-state index contributed by atoms with van der Waals surface area (Å²) in [5.74, 6) is -1.16. The summed E-state index contributed by atoms with van der Waals surface area (Å²) in [7, 11) is 0. The highest BCUT2D eigenvalue weighted by molar-refractivity contribution is 6.31. The van der Waals surface area contributed by atoms with Crippen molar-refractivity contribution in [1.29, 1.82) is 0 Å². The van der Waals surface area contributed by atoms with E-state index in [-0.39, 0.29) is 36.9 Å². The maximum absolute atomic E-state index is 11.9. The molecule has 2 amide bonds. The van der Waals surface area contributed by atoms with Gasteiger partial charge in [0.15, 0.2) is 0 Å². The molecule has 41 heavy (non-hydrogen) atoms. The van der Waals surface area contributed by atoms with Crippen molar-refractivity contribution < 1.29 is 24.6 Å². The van der Waals surface area contributed by atoms with E-state index in [1.54, 1.807) is 16.7 Å². The zero-order valence-corrected chi connectivity index (χ0v) is 23.4. The summed E-state index contributed by atoms with van der Waals surface area (Å²) in [6, 6.07) is 18.3. The Kier molecular flexibility index (Phi) is 8.49. The first-order chi connectivity index (χ1) is 19.7. The van der Waals surface area contributed by atoms with Gasteiger partial charge in [0.05, 0.1) is 18.5 Å². The summed E-state index contributed by atoms with van der Waals surface area (Å²) in [5.41, 5.74) is 4.79. The van der Waals surface area contributed by atoms with E-state index in [0.29, 0.717) is 40.9 Å². The highest BCUT2D eigenvalue weighted by Crippen LogP contribution is 2.30. The first-order valence-electron chi connectivity index (χ1n) is 13.1. The SMILES string of the molecule is O=C(O)CC1CNC(=O)c2cc(-c3cccc(Cl)c3)cn21.O=C1NCC(CCO)n2cc(-c3cccc(Cl)c3)cc21. The second kappa shape index (κ2) is 12.2. The largest absolute Gasteiger partial charge is 0.481 e. The molecule has 4 N–H and O–H groups in total. The quantitative estimate of drug-likeness (QED) is 0.249. The van der Waals surface area contributed by atoms with Crippen LogP contribution < -0.4 is 10.6 Å². The van der Waals surface area contributed by atoms with Gasteiger partial charge in [0.25, 0.3) is 11.8 Å². The van der Waals surface area contributed by atoms with E-state index in [9.17, 15) is 14.4 Å². The van der Waals surface area contributed by atoms with Crippen LogP contribution >= 0.6 is 23.2 Å². The molecule has 0 spiro atoms. The lowest BCUT2D eigenvalue weighted by molar-refractivity contribution is -0.137. The minimum atomic E-state index is -0.889. The van der Waals surface area contributed by atoms with Crippen LogP contribution in [0.2, 0.25) is 10.0 Å². The van der Waals surface area contributed by atoms with Crippen molar-refractivity contribution in [2.75, 3.05) is 19.7 Å². The molecule has 212 valence electrons. The topological polar surface area (TPSA) is 126 Å².